The van der Waals surface area contributed by atoms with Gasteiger partial charge in [-0.25, -0.2) is 0 Å². The number of Topliss-reactive ketones (excluding diaryl/α,β-unsaturated/α-hetero) is 1. The third-order valence-corrected chi connectivity index (χ3v) is 3.36. The SMILES string of the molecule is CCCCCC=CC=CC=O.CCCCCCCC(=O)CC. The lowest BCUT2D eigenvalue weighted by Crippen LogP contribution is -1.93. The van der Waals surface area contributed by atoms with Gasteiger partial charge in [-0.1, -0.05) is 77.5 Å². The number of allylic oxidation sites excluding steroid dienone is 4. The summed E-state index contributed by atoms with van der Waals surface area (Å²) < 4.78 is 0. The molecule has 0 saturated carbocycles. The lowest BCUT2D eigenvalue weighted by molar-refractivity contribution is -0.118. The van der Waals surface area contributed by atoms with Gasteiger partial charge in [0.1, 0.15) is 12.1 Å². The van der Waals surface area contributed by atoms with E-state index < -0.39 is 0 Å². The average Bonchev–Trinajstić information content (AvgIpc) is 2.54. The second-order valence-corrected chi connectivity index (χ2v) is 5.50. The molecule has 0 saturated heterocycles. The normalized spacial score (nSPS) is 10.7. The van der Waals surface area contributed by atoms with E-state index in [4.69, 9.17) is 0 Å². The third kappa shape index (κ3) is 23.9. The number of hydrogen-bond acceptors (Lipinski definition) is 2. The number of carbonyl (C=O) groups excluding carboxylic acids is 2. The predicted molar refractivity (Wildman–Crippen MR) is 97.2 cm³/mol. The summed E-state index contributed by atoms with van der Waals surface area (Å²) >= 11 is 0. The summed E-state index contributed by atoms with van der Waals surface area (Å²) in [7, 11) is 0. The zero-order chi connectivity index (χ0) is 16.9. The molecule has 128 valence electrons. The van der Waals surface area contributed by atoms with E-state index in [0.29, 0.717) is 12.2 Å². The largest absolute Gasteiger partial charge is 0.300 e. The topological polar surface area (TPSA) is 34.1 Å². The monoisotopic (exact) mass is 308 g/mol. The molecule has 0 aliphatic rings. The second kappa shape index (κ2) is 22.1. The Hall–Kier alpha value is -1.18. The van der Waals surface area contributed by atoms with E-state index in [0.717, 1.165) is 25.5 Å². The van der Waals surface area contributed by atoms with Gasteiger partial charge in [0, 0.05) is 12.8 Å². The molecule has 0 aromatic rings. The van der Waals surface area contributed by atoms with Crippen molar-refractivity contribution < 1.29 is 9.59 Å². The summed E-state index contributed by atoms with van der Waals surface area (Å²) in [5.74, 6) is 0.418. The molecule has 0 N–H and O–H groups in total. The quantitative estimate of drug-likeness (QED) is 0.175. The van der Waals surface area contributed by atoms with Crippen LogP contribution in [0.15, 0.2) is 24.3 Å². The first kappa shape index (κ1) is 23.1. The van der Waals surface area contributed by atoms with Crippen LogP contribution in [0, 0.1) is 0 Å². The molecule has 2 heteroatoms. The summed E-state index contributed by atoms with van der Waals surface area (Å²) in [4.78, 5) is 20.7. The van der Waals surface area contributed by atoms with Gasteiger partial charge in [-0.3, -0.25) is 9.59 Å². The van der Waals surface area contributed by atoms with E-state index in [1.807, 2.05) is 13.0 Å². The van der Waals surface area contributed by atoms with E-state index in [-0.39, 0.29) is 0 Å². The van der Waals surface area contributed by atoms with Crippen LogP contribution in [0.3, 0.4) is 0 Å². The van der Waals surface area contributed by atoms with Crippen LogP contribution in [-0.2, 0) is 9.59 Å². The maximum atomic E-state index is 10.8. The van der Waals surface area contributed by atoms with Crippen LogP contribution in [0.1, 0.15) is 91.4 Å². The molecule has 0 fully saturated rings. The molecule has 0 rings (SSSR count). The van der Waals surface area contributed by atoms with Crippen LogP contribution in [0.2, 0.25) is 0 Å². The first-order chi connectivity index (χ1) is 10.7. The van der Waals surface area contributed by atoms with Gasteiger partial charge in [0.15, 0.2) is 0 Å². The second-order valence-electron chi connectivity index (χ2n) is 5.50. The molecule has 0 amide bonds. The Labute approximate surface area is 138 Å². The van der Waals surface area contributed by atoms with Crippen LogP contribution >= 0.6 is 0 Å². The van der Waals surface area contributed by atoms with Crippen molar-refractivity contribution in [3.63, 3.8) is 0 Å². The van der Waals surface area contributed by atoms with Crippen LogP contribution in [0.25, 0.3) is 0 Å². The zero-order valence-corrected chi connectivity index (χ0v) is 15.0. The highest BCUT2D eigenvalue weighted by Crippen LogP contribution is 2.05. The fraction of sp³-hybridized carbons (Fsp3) is 0.700. The smallest absolute Gasteiger partial charge is 0.142 e. The van der Waals surface area contributed by atoms with Crippen molar-refractivity contribution >= 4 is 12.1 Å². The molecule has 22 heavy (non-hydrogen) atoms. The highest BCUT2D eigenvalue weighted by atomic mass is 16.1. The summed E-state index contributed by atoms with van der Waals surface area (Å²) in [5.41, 5.74) is 0. The van der Waals surface area contributed by atoms with Crippen molar-refractivity contribution in [1.82, 2.24) is 0 Å². The van der Waals surface area contributed by atoms with Crippen LogP contribution in [0.5, 0.6) is 0 Å². The number of rotatable bonds is 13. The van der Waals surface area contributed by atoms with Gasteiger partial charge in [0.05, 0.1) is 0 Å². The van der Waals surface area contributed by atoms with Crippen LogP contribution in [-0.4, -0.2) is 12.1 Å². The lowest BCUT2D eigenvalue weighted by Gasteiger charge is -1.97. The highest BCUT2D eigenvalue weighted by molar-refractivity contribution is 5.77. The molecule has 0 aromatic carbocycles. The Bertz CT molecular complexity index is 290. The molecule has 0 aliphatic heterocycles. The average molecular weight is 309 g/mol. The minimum absolute atomic E-state index is 0.418. The van der Waals surface area contributed by atoms with Gasteiger partial charge in [-0.15, -0.1) is 0 Å². The van der Waals surface area contributed by atoms with Crippen molar-refractivity contribution in [2.45, 2.75) is 91.4 Å². The van der Waals surface area contributed by atoms with E-state index >= 15 is 0 Å². The summed E-state index contributed by atoms with van der Waals surface area (Å²) in [6.07, 6.45) is 20.7. The Morgan fingerprint density at radius 1 is 0.773 bits per heavy atom. The van der Waals surface area contributed by atoms with E-state index in [9.17, 15) is 9.59 Å². The molecule has 0 aromatic heterocycles. The van der Waals surface area contributed by atoms with E-state index in [1.165, 1.54) is 51.0 Å². The molecule has 0 radical (unpaired) electrons. The zero-order valence-electron chi connectivity index (χ0n) is 15.0. The molecule has 0 heterocycles. The van der Waals surface area contributed by atoms with Crippen molar-refractivity contribution in [2.24, 2.45) is 0 Å². The van der Waals surface area contributed by atoms with Crippen molar-refractivity contribution in [3.05, 3.63) is 24.3 Å². The summed E-state index contributed by atoms with van der Waals surface area (Å²) in [6.45, 7) is 6.33. The molecule has 0 bridgehead atoms. The number of unbranched alkanes of at least 4 members (excludes halogenated alkanes) is 7. The molecule has 0 atom stereocenters. The van der Waals surface area contributed by atoms with Crippen LogP contribution < -0.4 is 0 Å². The maximum absolute atomic E-state index is 10.8. The first-order valence-corrected chi connectivity index (χ1v) is 9.01. The van der Waals surface area contributed by atoms with Crippen LogP contribution in [0.4, 0.5) is 0 Å². The van der Waals surface area contributed by atoms with Crippen molar-refractivity contribution in [3.8, 4) is 0 Å². The van der Waals surface area contributed by atoms with Gasteiger partial charge in [-0.05, 0) is 25.3 Å². The Morgan fingerprint density at radius 2 is 1.41 bits per heavy atom. The molecule has 0 spiro atoms. The van der Waals surface area contributed by atoms with Gasteiger partial charge in [0.25, 0.3) is 0 Å². The number of hydrogen-bond donors (Lipinski definition) is 0. The third-order valence-electron chi connectivity index (χ3n) is 3.36. The molecule has 0 unspecified atom stereocenters. The molecular weight excluding hydrogens is 272 g/mol. The van der Waals surface area contributed by atoms with E-state index in [1.54, 1.807) is 6.08 Å². The predicted octanol–water partition coefficient (Wildman–Crippen LogP) is 6.20. The number of carbonyl (C=O) groups is 2. The molecular formula is C20H36O2. The highest BCUT2D eigenvalue weighted by Gasteiger charge is 1.96. The fourth-order valence-electron chi connectivity index (χ4n) is 1.90. The molecule has 2 nitrogen and oxygen atoms in total. The van der Waals surface area contributed by atoms with Gasteiger partial charge < -0.3 is 0 Å². The summed E-state index contributed by atoms with van der Waals surface area (Å²) in [5, 5.41) is 0. The minimum atomic E-state index is 0.418. The van der Waals surface area contributed by atoms with Gasteiger partial charge >= 0.3 is 0 Å². The van der Waals surface area contributed by atoms with Crippen molar-refractivity contribution in [2.75, 3.05) is 0 Å². The summed E-state index contributed by atoms with van der Waals surface area (Å²) in [6, 6.07) is 0. The van der Waals surface area contributed by atoms with Gasteiger partial charge in [-0.2, -0.15) is 0 Å². The fourth-order valence-corrected chi connectivity index (χ4v) is 1.90. The van der Waals surface area contributed by atoms with E-state index in [2.05, 4.69) is 19.9 Å². The van der Waals surface area contributed by atoms with Crippen molar-refractivity contribution in [1.29, 1.82) is 0 Å². The van der Waals surface area contributed by atoms with Gasteiger partial charge in [0.2, 0.25) is 0 Å². The number of aldehydes is 1. The lowest BCUT2D eigenvalue weighted by atomic mass is 10.1. The Morgan fingerprint density at radius 3 is 2.00 bits per heavy atom. The first-order valence-electron chi connectivity index (χ1n) is 9.01. The Balaban J connectivity index is 0. The molecule has 0 aliphatic carbocycles. The minimum Gasteiger partial charge on any atom is -0.300 e. The standard InChI is InChI=1S/C10H20O.C10H16O/c1-3-5-6-7-8-9-10(11)4-2;1-2-3-4-5-6-7-8-9-10-11/h3-9H2,1-2H3;6-10H,2-5H2,1H3. The maximum Gasteiger partial charge on any atom is 0.142 e. The Kier molecular flexibility index (Phi) is 23.2. The number of ketones is 1.